The van der Waals surface area contributed by atoms with Crippen molar-refractivity contribution >= 4 is 29.3 Å². The summed E-state index contributed by atoms with van der Waals surface area (Å²) >= 11 is 1.40. The summed E-state index contributed by atoms with van der Waals surface area (Å²) in [7, 11) is 0. The summed E-state index contributed by atoms with van der Waals surface area (Å²) in [6.07, 6.45) is 2.15. The summed E-state index contributed by atoms with van der Waals surface area (Å²) in [6.45, 7) is 4.64. The van der Waals surface area contributed by atoms with Crippen LogP contribution in [-0.2, 0) is 11.3 Å². The van der Waals surface area contributed by atoms with Crippen molar-refractivity contribution in [3.63, 3.8) is 0 Å². The zero-order valence-corrected chi connectivity index (χ0v) is 18.4. The van der Waals surface area contributed by atoms with Crippen molar-refractivity contribution in [2.24, 2.45) is 0 Å². The molecule has 2 amide bonds. The lowest BCUT2D eigenvalue weighted by Gasteiger charge is -2.10. The molecule has 0 radical (unpaired) electrons. The van der Waals surface area contributed by atoms with Crippen LogP contribution in [0.25, 0.3) is 11.4 Å². The Morgan fingerprint density at radius 2 is 1.84 bits per heavy atom. The van der Waals surface area contributed by atoms with Crippen LogP contribution < -0.4 is 10.6 Å². The van der Waals surface area contributed by atoms with Crippen molar-refractivity contribution in [2.75, 3.05) is 11.1 Å². The molecule has 1 aliphatic carbocycles. The largest absolute Gasteiger partial charge is 0.353 e. The molecule has 0 bridgehead atoms. The van der Waals surface area contributed by atoms with E-state index in [4.69, 9.17) is 0 Å². The topological polar surface area (TPSA) is 88.9 Å². The molecule has 8 heteroatoms. The lowest BCUT2D eigenvalue weighted by molar-refractivity contribution is -0.118. The number of nitrogens with zero attached hydrogens (tertiary/aromatic N) is 3. The van der Waals surface area contributed by atoms with Gasteiger partial charge in [0.25, 0.3) is 5.91 Å². The van der Waals surface area contributed by atoms with Crippen molar-refractivity contribution in [3.05, 3.63) is 59.7 Å². The van der Waals surface area contributed by atoms with Crippen LogP contribution in [0.5, 0.6) is 0 Å². The van der Waals surface area contributed by atoms with E-state index in [1.165, 1.54) is 11.8 Å². The molecule has 3 aromatic rings. The Labute approximate surface area is 185 Å². The average molecular weight is 436 g/mol. The third-order valence-corrected chi connectivity index (χ3v) is 6.07. The molecule has 31 heavy (non-hydrogen) atoms. The maximum absolute atomic E-state index is 12.5. The molecule has 1 aliphatic rings. The molecule has 1 saturated carbocycles. The van der Waals surface area contributed by atoms with Gasteiger partial charge in [0.15, 0.2) is 11.0 Å². The molecule has 160 valence electrons. The minimum Gasteiger partial charge on any atom is -0.353 e. The predicted molar refractivity (Wildman–Crippen MR) is 122 cm³/mol. The standard InChI is InChI=1S/C23H25N5O2S/c1-3-28-21(26-27-23(28)31-14-20(29)24-17-12-13-17)16-8-10-18(11-9-16)25-22(30)19-7-5-4-6-15(19)2/h4-11,17H,3,12-14H2,1-2H3,(H,24,29)(H,25,30). The van der Waals surface area contributed by atoms with Crippen molar-refractivity contribution in [1.82, 2.24) is 20.1 Å². The fourth-order valence-electron chi connectivity index (χ4n) is 3.25. The Bertz CT molecular complexity index is 1090. The Kier molecular flexibility index (Phi) is 6.36. The molecule has 1 fully saturated rings. The summed E-state index contributed by atoms with van der Waals surface area (Å²) in [4.78, 5) is 24.5. The first-order valence-electron chi connectivity index (χ1n) is 10.4. The molecule has 0 atom stereocenters. The molecular weight excluding hydrogens is 410 g/mol. The van der Waals surface area contributed by atoms with Gasteiger partial charge in [-0.15, -0.1) is 10.2 Å². The van der Waals surface area contributed by atoms with Crippen LogP contribution in [-0.4, -0.2) is 38.4 Å². The molecular formula is C23H25N5O2S. The highest BCUT2D eigenvalue weighted by Gasteiger charge is 2.23. The number of hydrogen-bond acceptors (Lipinski definition) is 5. The van der Waals surface area contributed by atoms with Crippen LogP contribution in [0.4, 0.5) is 5.69 Å². The van der Waals surface area contributed by atoms with Crippen LogP contribution in [0.3, 0.4) is 0 Å². The number of rotatable bonds is 8. The van der Waals surface area contributed by atoms with Crippen molar-refractivity contribution < 1.29 is 9.59 Å². The second-order valence-electron chi connectivity index (χ2n) is 7.53. The Morgan fingerprint density at radius 1 is 1.10 bits per heavy atom. The second kappa shape index (κ2) is 9.34. The van der Waals surface area contributed by atoms with Gasteiger partial charge in [-0.1, -0.05) is 30.0 Å². The highest BCUT2D eigenvalue weighted by molar-refractivity contribution is 7.99. The molecule has 1 heterocycles. The Hall–Kier alpha value is -3.13. The molecule has 0 saturated heterocycles. The number of amides is 2. The zero-order valence-electron chi connectivity index (χ0n) is 17.6. The van der Waals surface area contributed by atoms with E-state index >= 15 is 0 Å². The number of benzene rings is 2. The first kappa shape index (κ1) is 21.1. The maximum Gasteiger partial charge on any atom is 0.255 e. The normalized spacial score (nSPS) is 13.1. The quantitative estimate of drug-likeness (QED) is 0.524. The summed E-state index contributed by atoms with van der Waals surface area (Å²) in [5, 5.41) is 15.3. The van der Waals surface area contributed by atoms with Gasteiger partial charge in [-0.2, -0.15) is 0 Å². The van der Waals surface area contributed by atoms with Crippen molar-refractivity contribution in [1.29, 1.82) is 0 Å². The summed E-state index contributed by atoms with van der Waals surface area (Å²) < 4.78 is 2.00. The van der Waals surface area contributed by atoms with Crippen LogP contribution >= 0.6 is 11.8 Å². The lowest BCUT2D eigenvalue weighted by Crippen LogP contribution is -2.27. The molecule has 0 aliphatic heterocycles. The highest BCUT2D eigenvalue weighted by Crippen LogP contribution is 2.26. The highest BCUT2D eigenvalue weighted by atomic mass is 32.2. The zero-order chi connectivity index (χ0) is 21.8. The smallest absolute Gasteiger partial charge is 0.255 e. The van der Waals surface area contributed by atoms with Crippen LogP contribution in [0.15, 0.2) is 53.7 Å². The molecule has 0 spiro atoms. The number of nitrogens with one attached hydrogen (secondary N) is 2. The monoisotopic (exact) mass is 435 g/mol. The van der Waals surface area contributed by atoms with Crippen LogP contribution in [0.1, 0.15) is 35.7 Å². The van der Waals surface area contributed by atoms with Crippen LogP contribution in [0, 0.1) is 6.92 Å². The summed E-state index contributed by atoms with van der Waals surface area (Å²) in [6, 6.07) is 15.4. The second-order valence-corrected chi connectivity index (χ2v) is 8.47. The van der Waals surface area contributed by atoms with Gasteiger partial charge >= 0.3 is 0 Å². The predicted octanol–water partition coefficient (Wildman–Crippen LogP) is 3.90. The van der Waals surface area contributed by atoms with E-state index in [9.17, 15) is 9.59 Å². The van der Waals surface area contributed by atoms with Gasteiger partial charge in [0.05, 0.1) is 5.75 Å². The fraction of sp³-hybridized carbons (Fsp3) is 0.304. The first-order valence-corrected chi connectivity index (χ1v) is 11.4. The van der Waals surface area contributed by atoms with E-state index < -0.39 is 0 Å². The van der Waals surface area contributed by atoms with E-state index in [2.05, 4.69) is 20.8 Å². The van der Waals surface area contributed by atoms with Crippen molar-refractivity contribution in [2.45, 2.75) is 44.4 Å². The van der Waals surface area contributed by atoms with Gasteiger partial charge in [0, 0.05) is 29.4 Å². The van der Waals surface area contributed by atoms with E-state index in [0.29, 0.717) is 29.6 Å². The first-order chi connectivity index (χ1) is 15.0. The van der Waals surface area contributed by atoms with Gasteiger partial charge in [0.2, 0.25) is 5.91 Å². The van der Waals surface area contributed by atoms with Gasteiger partial charge < -0.3 is 15.2 Å². The minimum absolute atomic E-state index is 0.0356. The molecule has 4 rings (SSSR count). The number of carbonyl (C=O) groups is 2. The summed E-state index contributed by atoms with van der Waals surface area (Å²) in [5.41, 5.74) is 3.21. The third-order valence-electron chi connectivity index (χ3n) is 5.10. The minimum atomic E-state index is -0.134. The molecule has 0 unspecified atom stereocenters. The maximum atomic E-state index is 12.5. The fourth-order valence-corrected chi connectivity index (χ4v) is 4.06. The molecule has 2 N–H and O–H groups in total. The van der Waals surface area contributed by atoms with Gasteiger partial charge in [-0.05, 0) is 62.6 Å². The summed E-state index contributed by atoms with van der Waals surface area (Å²) in [5.74, 6) is 0.974. The van der Waals surface area contributed by atoms with Gasteiger partial charge in [0.1, 0.15) is 0 Å². The Morgan fingerprint density at radius 3 is 2.52 bits per heavy atom. The van der Waals surface area contributed by atoms with E-state index in [1.54, 1.807) is 0 Å². The van der Waals surface area contributed by atoms with Crippen LogP contribution in [0.2, 0.25) is 0 Å². The Balaban J connectivity index is 1.43. The average Bonchev–Trinajstić information content (AvgIpc) is 3.49. The van der Waals surface area contributed by atoms with E-state index in [1.807, 2.05) is 66.9 Å². The lowest BCUT2D eigenvalue weighted by atomic mass is 10.1. The van der Waals surface area contributed by atoms with Crippen molar-refractivity contribution in [3.8, 4) is 11.4 Å². The van der Waals surface area contributed by atoms with Gasteiger partial charge in [-0.25, -0.2) is 0 Å². The number of anilines is 1. The third kappa shape index (κ3) is 5.14. The van der Waals surface area contributed by atoms with E-state index in [-0.39, 0.29) is 11.8 Å². The number of aromatic nitrogens is 3. The SMILES string of the molecule is CCn1c(SCC(=O)NC2CC2)nnc1-c1ccc(NC(=O)c2ccccc2C)cc1. The number of hydrogen-bond donors (Lipinski definition) is 2. The molecule has 7 nitrogen and oxygen atoms in total. The molecule has 1 aromatic heterocycles. The van der Waals surface area contributed by atoms with Gasteiger partial charge in [-0.3, -0.25) is 9.59 Å². The number of aryl methyl sites for hydroxylation is 1. The molecule has 2 aromatic carbocycles. The number of thioether (sulfide) groups is 1. The number of carbonyl (C=O) groups excluding carboxylic acids is 2. The van der Waals surface area contributed by atoms with E-state index in [0.717, 1.165) is 34.9 Å².